The summed E-state index contributed by atoms with van der Waals surface area (Å²) in [7, 11) is 0. The van der Waals surface area contributed by atoms with Gasteiger partial charge in [-0.15, -0.1) is 0 Å². The Balaban J connectivity index is 1.65. The average molecular weight is 310 g/mol. The monoisotopic (exact) mass is 310 g/mol. The molecule has 0 bridgehead atoms. The lowest BCUT2D eigenvalue weighted by atomic mass is 10.1. The summed E-state index contributed by atoms with van der Waals surface area (Å²) in [6.07, 6.45) is 1.54. The van der Waals surface area contributed by atoms with Gasteiger partial charge >= 0.3 is 0 Å². The van der Waals surface area contributed by atoms with Gasteiger partial charge in [-0.2, -0.15) is 0 Å². The molecular formula is C17H14N2O4. The minimum atomic E-state index is -0.449. The normalized spacial score (nSPS) is 10.5. The molecule has 0 saturated carbocycles. The van der Waals surface area contributed by atoms with Crippen LogP contribution in [-0.4, -0.2) is 9.91 Å². The molecule has 6 nitrogen and oxygen atoms in total. The van der Waals surface area contributed by atoms with Crippen LogP contribution in [0.5, 0.6) is 5.75 Å². The molecule has 0 unspecified atom stereocenters. The number of hydrogen-bond donors (Lipinski definition) is 0. The number of nitrogens with zero attached hydrogens (tertiary/aromatic N) is 2. The Morgan fingerprint density at radius 2 is 1.83 bits per heavy atom. The Kier molecular flexibility index (Phi) is 4.05. The first kappa shape index (κ1) is 14.8. The highest BCUT2D eigenvalue weighted by Gasteiger charge is 2.08. The molecule has 0 saturated heterocycles. The van der Waals surface area contributed by atoms with E-state index in [1.165, 1.54) is 17.7 Å². The van der Waals surface area contributed by atoms with Crippen molar-refractivity contribution in [3.8, 4) is 17.2 Å². The summed E-state index contributed by atoms with van der Waals surface area (Å²) < 4.78 is 11.0. The maximum Gasteiger partial charge on any atom is 0.269 e. The van der Waals surface area contributed by atoms with Gasteiger partial charge in [0.15, 0.2) is 0 Å². The number of rotatable bonds is 5. The summed E-state index contributed by atoms with van der Waals surface area (Å²) >= 11 is 0. The van der Waals surface area contributed by atoms with Crippen molar-refractivity contribution in [1.29, 1.82) is 0 Å². The average Bonchev–Trinajstić information content (AvgIpc) is 3.03. The first-order valence-electron chi connectivity index (χ1n) is 7.00. The van der Waals surface area contributed by atoms with Crippen molar-refractivity contribution in [2.24, 2.45) is 0 Å². The van der Waals surface area contributed by atoms with Gasteiger partial charge in [-0.05, 0) is 31.2 Å². The van der Waals surface area contributed by atoms with Gasteiger partial charge in [-0.25, -0.2) is 4.98 Å². The molecule has 0 aliphatic rings. The van der Waals surface area contributed by atoms with E-state index in [0.29, 0.717) is 17.3 Å². The van der Waals surface area contributed by atoms with Crippen LogP contribution >= 0.6 is 0 Å². The predicted molar refractivity (Wildman–Crippen MR) is 84.1 cm³/mol. The summed E-state index contributed by atoms with van der Waals surface area (Å²) in [5.74, 6) is 1.07. The Labute approximate surface area is 132 Å². The Bertz CT molecular complexity index is 807. The number of nitro groups is 1. The highest BCUT2D eigenvalue weighted by atomic mass is 16.6. The van der Waals surface area contributed by atoms with Gasteiger partial charge < -0.3 is 9.15 Å². The Morgan fingerprint density at radius 3 is 2.48 bits per heavy atom. The van der Waals surface area contributed by atoms with Crippen LogP contribution in [0.2, 0.25) is 0 Å². The summed E-state index contributed by atoms with van der Waals surface area (Å²) in [6, 6.07) is 13.8. The molecule has 116 valence electrons. The molecule has 23 heavy (non-hydrogen) atoms. The van der Waals surface area contributed by atoms with Crippen molar-refractivity contribution in [2.75, 3.05) is 0 Å². The van der Waals surface area contributed by atoms with Gasteiger partial charge in [-0.1, -0.05) is 17.7 Å². The minimum Gasteiger partial charge on any atom is -0.487 e. The van der Waals surface area contributed by atoms with Crippen LogP contribution in [0.25, 0.3) is 11.5 Å². The molecule has 0 radical (unpaired) electrons. The van der Waals surface area contributed by atoms with Crippen LogP contribution in [0.1, 0.15) is 11.3 Å². The first-order chi connectivity index (χ1) is 11.1. The largest absolute Gasteiger partial charge is 0.487 e. The summed E-state index contributed by atoms with van der Waals surface area (Å²) in [5, 5.41) is 10.6. The number of oxazole rings is 1. The quantitative estimate of drug-likeness (QED) is 0.523. The summed E-state index contributed by atoms with van der Waals surface area (Å²) in [6.45, 7) is 2.25. The molecule has 0 amide bonds. The smallest absolute Gasteiger partial charge is 0.269 e. The van der Waals surface area contributed by atoms with Crippen molar-refractivity contribution in [3.05, 3.63) is 76.2 Å². The lowest BCUT2D eigenvalue weighted by molar-refractivity contribution is -0.384. The highest BCUT2D eigenvalue weighted by Crippen LogP contribution is 2.21. The maximum absolute atomic E-state index is 10.6. The van der Waals surface area contributed by atoms with E-state index in [4.69, 9.17) is 9.15 Å². The molecule has 6 heteroatoms. The van der Waals surface area contributed by atoms with Crippen LogP contribution in [0.3, 0.4) is 0 Å². The molecular weight excluding hydrogens is 296 g/mol. The molecule has 3 aromatic rings. The summed E-state index contributed by atoms with van der Waals surface area (Å²) in [5.41, 5.74) is 2.75. The number of non-ortho nitro benzene ring substituents is 1. The fourth-order valence-corrected chi connectivity index (χ4v) is 2.02. The van der Waals surface area contributed by atoms with Crippen LogP contribution in [0.15, 0.2) is 59.2 Å². The first-order valence-corrected chi connectivity index (χ1v) is 7.00. The number of hydrogen-bond acceptors (Lipinski definition) is 5. The van der Waals surface area contributed by atoms with Crippen molar-refractivity contribution >= 4 is 5.69 Å². The Hall–Kier alpha value is -3.15. The molecule has 0 N–H and O–H groups in total. The van der Waals surface area contributed by atoms with Crippen LogP contribution in [0.4, 0.5) is 5.69 Å². The van der Waals surface area contributed by atoms with Gasteiger partial charge in [0.25, 0.3) is 5.69 Å². The van der Waals surface area contributed by atoms with Crippen LogP contribution in [-0.2, 0) is 6.61 Å². The van der Waals surface area contributed by atoms with Gasteiger partial charge in [0.05, 0.1) is 4.92 Å². The second-order valence-corrected chi connectivity index (χ2v) is 5.05. The van der Waals surface area contributed by atoms with Crippen molar-refractivity contribution in [1.82, 2.24) is 4.98 Å². The number of aromatic nitrogens is 1. The summed E-state index contributed by atoms with van der Waals surface area (Å²) in [4.78, 5) is 14.5. The zero-order chi connectivity index (χ0) is 16.2. The minimum absolute atomic E-state index is 0.0282. The van der Waals surface area contributed by atoms with E-state index in [1.54, 1.807) is 18.4 Å². The lowest BCUT2D eigenvalue weighted by Crippen LogP contribution is -1.96. The van der Waals surface area contributed by atoms with E-state index in [0.717, 1.165) is 5.56 Å². The van der Waals surface area contributed by atoms with Crippen molar-refractivity contribution in [3.63, 3.8) is 0 Å². The third-order valence-electron chi connectivity index (χ3n) is 3.28. The number of ether oxygens (including phenoxy) is 1. The van der Waals surface area contributed by atoms with Gasteiger partial charge in [0.2, 0.25) is 5.89 Å². The maximum atomic E-state index is 10.6. The van der Waals surface area contributed by atoms with E-state index >= 15 is 0 Å². The zero-order valence-corrected chi connectivity index (χ0v) is 12.4. The highest BCUT2D eigenvalue weighted by molar-refractivity contribution is 5.53. The molecule has 0 aliphatic carbocycles. The second-order valence-electron chi connectivity index (χ2n) is 5.05. The third-order valence-corrected chi connectivity index (χ3v) is 3.28. The molecule has 1 aromatic heterocycles. The van der Waals surface area contributed by atoms with Crippen LogP contribution < -0.4 is 4.74 Å². The zero-order valence-electron chi connectivity index (χ0n) is 12.4. The third kappa shape index (κ3) is 3.55. The van der Waals surface area contributed by atoms with E-state index < -0.39 is 4.92 Å². The predicted octanol–water partition coefficient (Wildman–Crippen LogP) is 4.14. The van der Waals surface area contributed by atoms with Crippen LogP contribution in [0, 0.1) is 17.0 Å². The molecule has 0 atom stereocenters. The Morgan fingerprint density at radius 1 is 1.13 bits per heavy atom. The molecule has 0 fully saturated rings. The SMILES string of the molecule is Cc1ccc(-c2nc(COc3ccc([N+](=O)[O-])cc3)co2)cc1. The van der Waals surface area contributed by atoms with Gasteiger partial charge in [0, 0.05) is 17.7 Å². The number of nitro benzene ring substituents is 1. The number of aryl methyl sites for hydroxylation is 1. The van der Waals surface area contributed by atoms with E-state index in [1.807, 2.05) is 31.2 Å². The van der Waals surface area contributed by atoms with Gasteiger partial charge in [-0.3, -0.25) is 10.1 Å². The molecule has 0 spiro atoms. The fourth-order valence-electron chi connectivity index (χ4n) is 2.02. The number of benzene rings is 2. The van der Waals surface area contributed by atoms with E-state index in [-0.39, 0.29) is 12.3 Å². The second kappa shape index (κ2) is 6.31. The molecule has 3 rings (SSSR count). The lowest BCUT2D eigenvalue weighted by Gasteiger charge is -2.02. The molecule has 1 heterocycles. The molecule has 0 aliphatic heterocycles. The molecule has 2 aromatic carbocycles. The van der Waals surface area contributed by atoms with Crippen molar-refractivity contribution in [2.45, 2.75) is 13.5 Å². The van der Waals surface area contributed by atoms with Crippen molar-refractivity contribution < 1.29 is 14.1 Å². The van der Waals surface area contributed by atoms with E-state index in [9.17, 15) is 10.1 Å². The van der Waals surface area contributed by atoms with Gasteiger partial charge in [0.1, 0.15) is 24.3 Å². The topological polar surface area (TPSA) is 78.4 Å². The van der Waals surface area contributed by atoms with E-state index in [2.05, 4.69) is 4.98 Å². The fraction of sp³-hybridized carbons (Fsp3) is 0.118. The standard InChI is InChI=1S/C17H14N2O4/c1-12-2-4-13(5-3-12)17-18-14(11-23-17)10-22-16-8-6-15(7-9-16)19(20)21/h2-9,11H,10H2,1H3.